The van der Waals surface area contributed by atoms with Crippen molar-refractivity contribution in [3.63, 3.8) is 0 Å². The van der Waals surface area contributed by atoms with Gasteiger partial charge in [0.15, 0.2) is 0 Å². The van der Waals surface area contributed by atoms with E-state index in [2.05, 4.69) is 46.0 Å². The van der Waals surface area contributed by atoms with Gasteiger partial charge >= 0.3 is 0 Å². The standard InChI is InChI=1S/C24H21N3O2/c28-23-21-16-6-7-17(12-16)22(21)24(29)27(23)18-8-9-20-19(13-18)25-14-26(20)11-10-15-4-2-1-3-5-15/h1-9,13-14,16-17,21-22H,10-12H2. The Kier molecular flexibility index (Phi) is 3.54. The van der Waals surface area contributed by atoms with Crippen molar-refractivity contribution in [1.82, 2.24) is 9.55 Å². The molecule has 0 radical (unpaired) electrons. The molecule has 3 aromatic rings. The third-order valence-electron chi connectivity index (χ3n) is 6.82. The van der Waals surface area contributed by atoms with Crippen LogP contribution in [0.25, 0.3) is 11.0 Å². The summed E-state index contributed by atoms with van der Waals surface area (Å²) in [7, 11) is 0. The molecule has 1 saturated carbocycles. The van der Waals surface area contributed by atoms with Crippen molar-refractivity contribution in [3.05, 3.63) is 72.6 Å². The number of anilines is 1. The summed E-state index contributed by atoms with van der Waals surface area (Å²) in [5.41, 5.74) is 3.77. The van der Waals surface area contributed by atoms with Crippen LogP contribution in [0.4, 0.5) is 5.69 Å². The first-order valence-corrected chi connectivity index (χ1v) is 10.3. The van der Waals surface area contributed by atoms with Crippen LogP contribution >= 0.6 is 0 Å². The third-order valence-corrected chi connectivity index (χ3v) is 6.82. The number of allylic oxidation sites excluding steroid dienone is 2. The van der Waals surface area contributed by atoms with E-state index < -0.39 is 0 Å². The summed E-state index contributed by atoms with van der Waals surface area (Å²) in [6.45, 7) is 0.834. The molecule has 1 saturated heterocycles. The highest BCUT2D eigenvalue weighted by Crippen LogP contribution is 2.53. The van der Waals surface area contributed by atoms with Crippen molar-refractivity contribution in [2.75, 3.05) is 4.90 Å². The average Bonchev–Trinajstić information content (AvgIpc) is 3.50. The predicted molar refractivity (Wildman–Crippen MR) is 110 cm³/mol. The molecular weight excluding hydrogens is 362 g/mol. The van der Waals surface area contributed by atoms with Crippen LogP contribution in [0.2, 0.25) is 0 Å². The lowest BCUT2D eigenvalue weighted by Crippen LogP contribution is -2.32. The third kappa shape index (κ3) is 2.43. The zero-order chi connectivity index (χ0) is 19.5. The van der Waals surface area contributed by atoms with Crippen LogP contribution in [-0.2, 0) is 22.6 Å². The topological polar surface area (TPSA) is 55.2 Å². The molecule has 2 fully saturated rings. The molecule has 2 bridgehead atoms. The highest BCUT2D eigenvalue weighted by Gasteiger charge is 2.59. The SMILES string of the molecule is O=C1C2C3C=CC(C3)C2C(=O)N1c1ccc2c(c1)ncn2CCc1ccccc1. The summed E-state index contributed by atoms with van der Waals surface area (Å²) in [6.07, 6.45) is 7.96. The van der Waals surface area contributed by atoms with E-state index in [0.29, 0.717) is 5.69 Å². The molecule has 1 aromatic heterocycles. The van der Waals surface area contributed by atoms with Crippen LogP contribution < -0.4 is 4.90 Å². The van der Waals surface area contributed by atoms with Gasteiger partial charge in [0.05, 0.1) is 34.9 Å². The Balaban J connectivity index is 1.28. The van der Waals surface area contributed by atoms with Crippen molar-refractivity contribution in [1.29, 1.82) is 0 Å². The molecule has 2 aliphatic carbocycles. The monoisotopic (exact) mass is 383 g/mol. The minimum Gasteiger partial charge on any atom is -0.330 e. The first kappa shape index (κ1) is 16.7. The van der Waals surface area contributed by atoms with Gasteiger partial charge in [-0.25, -0.2) is 9.88 Å². The molecule has 0 spiro atoms. The number of imide groups is 1. The van der Waals surface area contributed by atoms with Crippen molar-refractivity contribution in [2.24, 2.45) is 23.7 Å². The fourth-order valence-electron chi connectivity index (χ4n) is 5.42. The van der Waals surface area contributed by atoms with Crippen molar-refractivity contribution in [3.8, 4) is 0 Å². The van der Waals surface area contributed by atoms with E-state index >= 15 is 0 Å². The maximum Gasteiger partial charge on any atom is 0.238 e. The van der Waals surface area contributed by atoms with E-state index in [1.807, 2.05) is 30.6 Å². The molecule has 3 aliphatic rings. The zero-order valence-electron chi connectivity index (χ0n) is 15.9. The number of fused-ring (bicyclic) bond motifs is 6. The number of hydrogen-bond donors (Lipinski definition) is 0. The number of benzene rings is 2. The Morgan fingerprint density at radius 1 is 0.931 bits per heavy atom. The second kappa shape index (κ2) is 6.14. The number of aromatic nitrogens is 2. The molecule has 144 valence electrons. The van der Waals surface area contributed by atoms with Crippen LogP contribution in [0.5, 0.6) is 0 Å². The minimum absolute atomic E-state index is 0.0419. The van der Waals surface area contributed by atoms with Gasteiger partial charge in [-0.15, -0.1) is 0 Å². The van der Waals surface area contributed by atoms with Crippen molar-refractivity contribution < 1.29 is 9.59 Å². The van der Waals surface area contributed by atoms with Gasteiger partial charge in [0.1, 0.15) is 0 Å². The van der Waals surface area contributed by atoms with Crippen molar-refractivity contribution >= 4 is 28.5 Å². The van der Waals surface area contributed by atoms with E-state index in [9.17, 15) is 9.59 Å². The molecular formula is C24H21N3O2. The molecule has 0 N–H and O–H groups in total. The number of aryl methyl sites for hydroxylation is 2. The van der Waals surface area contributed by atoms with Gasteiger partial charge in [-0.3, -0.25) is 9.59 Å². The summed E-state index contributed by atoms with van der Waals surface area (Å²) in [5.74, 6) is 0.0347. The fourth-order valence-corrected chi connectivity index (χ4v) is 5.42. The number of imidazole rings is 1. The zero-order valence-corrected chi connectivity index (χ0v) is 15.9. The maximum atomic E-state index is 13.0. The Morgan fingerprint density at radius 2 is 1.66 bits per heavy atom. The maximum absolute atomic E-state index is 13.0. The van der Waals surface area contributed by atoms with Gasteiger partial charge in [0, 0.05) is 6.54 Å². The van der Waals surface area contributed by atoms with E-state index in [1.165, 1.54) is 10.5 Å². The quantitative estimate of drug-likeness (QED) is 0.511. The molecule has 4 atom stereocenters. The number of amides is 2. The minimum atomic E-state index is -0.170. The predicted octanol–water partition coefficient (Wildman–Crippen LogP) is 3.59. The lowest BCUT2D eigenvalue weighted by molar-refractivity contribution is -0.123. The second-order valence-electron chi connectivity index (χ2n) is 8.36. The second-order valence-corrected chi connectivity index (χ2v) is 8.36. The molecule has 2 amide bonds. The first-order valence-electron chi connectivity index (χ1n) is 10.3. The number of carbonyl (C=O) groups excluding carboxylic acids is 2. The first-order chi connectivity index (χ1) is 14.2. The van der Waals surface area contributed by atoms with Crippen LogP contribution in [-0.4, -0.2) is 21.4 Å². The van der Waals surface area contributed by atoms with Crippen LogP contribution in [0.3, 0.4) is 0 Å². The van der Waals surface area contributed by atoms with E-state index in [1.54, 1.807) is 0 Å². The van der Waals surface area contributed by atoms with Crippen LogP contribution in [0.1, 0.15) is 12.0 Å². The van der Waals surface area contributed by atoms with Crippen molar-refractivity contribution in [2.45, 2.75) is 19.4 Å². The van der Waals surface area contributed by atoms with Gasteiger partial charge in [0.2, 0.25) is 11.8 Å². The molecule has 29 heavy (non-hydrogen) atoms. The Morgan fingerprint density at radius 3 is 2.38 bits per heavy atom. The van der Waals surface area contributed by atoms with Gasteiger partial charge in [-0.2, -0.15) is 0 Å². The lowest BCUT2D eigenvalue weighted by Gasteiger charge is -2.17. The number of hydrogen-bond acceptors (Lipinski definition) is 3. The summed E-state index contributed by atoms with van der Waals surface area (Å²) in [5, 5.41) is 0. The lowest BCUT2D eigenvalue weighted by atomic mass is 9.85. The molecule has 5 heteroatoms. The van der Waals surface area contributed by atoms with E-state index in [0.717, 1.165) is 30.4 Å². The van der Waals surface area contributed by atoms with Gasteiger partial charge in [0.25, 0.3) is 0 Å². The molecule has 4 unspecified atom stereocenters. The Hall–Kier alpha value is -3.21. The Bertz CT molecular complexity index is 1130. The van der Waals surface area contributed by atoms with Gasteiger partial charge in [-0.1, -0.05) is 42.5 Å². The summed E-state index contributed by atoms with van der Waals surface area (Å²) < 4.78 is 2.12. The van der Waals surface area contributed by atoms with Gasteiger partial charge in [-0.05, 0) is 48.4 Å². The fraction of sp³-hybridized carbons (Fsp3) is 0.292. The smallest absolute Gasteiger partial charge is 0.238 e. The summed E-state index contributed by atoms with van der Waals surface area (Å²) in [4.78, 5) is 32.0. The molecule has 5 nitrogen and oxygen atoms in total. The van der Waals surface area contributed by atoms with Crippen LogP contribution in [0.15, 0.2) is 67.0 Å². The largest absolute Gasteiger partial charge is 0.330 e. The van der Waals surface area contributed by atoms with E-state index in [-0.39, 0.29) is 35.5 Å². The molecule has 1 aliphatic heterocycles. The number of carbonyl (C=O) groups is 2. The molecule has 2 heterocycles. The molecule has 6 rings (SSSR count). The highest BCUT2D eigenvalue weighted by molar-refractivity contribution is 6.23. The molecule has 2 aromatic carbocycles. The van der Waals surface area contributed by atoms with Crippen LogP contribution in [0, 0.1) is 23.7 Å². The summed E-state index contributed by atoms with van der Waals surface area (Å²) >= 11 is 0. The number of rotatable bonds is 4. The summed E-state index contributed by atoms with van der Waals surface area (Å²) in [6, 6.07) is 16.1. The normalized spacial score (nSPS) is 27.4. The number of nitrogens with zero attached hydrogens (tertiary/aromatic N) is 3. The average molecular weight is 383 g/mol. The highest BCUT2D eigenvalue weighted by atomic mass is 16.2. The van der Waals surface area contributed by atoms with E-state index in [4.69, 9.17) is 0 Å². The van der Waals surface area contributed by atoms with Gasteiger partial charge < -0.3 is 4.57 Å². The Labute approximate surface area is 168 Å².